The van der Waals surface area contributed by atoms with Crippen LogP contribution in [-0.4, -0.2) is 90.6 Å². The van der Waals surface area contributed by atoms with Crippen LogP contribution >= 0.6 is 0 Å². The van der Waals surface area contributed by atoms with Crippen LogP contribution in [-0.2, 0) is 54.1 Å². The third-order valence-electron chi connectivity index (χ3n) is 8.13. The van der Waals surface area contributed by atoms with Crippen molar-refractivity contribution in [3.05, 3.63) is 53.6 Å². The average molecular weight is 651 g/mol. The summed E-state index contributed by atoms with van der Waals surface area (Å²) in [6.45, 7) is 10.1. The highest BCUT2D eigenvalue weighted by molar-refractivity contribution is 5.83. The van der Waals surface area contributed by atoms with E-state index in [-0.39, 0.29) is 12.5 Å². The van der Waals surface area contributed by atoms with Crippen LogP contribution in [0.25, 0.3) is 0 Å². The summed E-state index contributed by atoms with van der Waals surface area (Å²) in [5.74, 6) is -1.96. The highest BCUT2D eigenvalue weighted by Crippen LogP contribution is 2.48. The Labute approximate surface area is 274 Å². The number of methoxy groups -OCH3 is 5. The molecule has 0 N–H and O–H groups in total. The van der Waals surface area contributed by atoms with Gasteiger partial charge in [-0.2, -0.15) is 0 Å². The second-order valence-corrected chi connectivity index (χ2v) is 11.8. The van der Waals surface area contributed by atoms with Gasteiger partial charge >= 0.3 is 11.9 Å². The highest BCUT2D eigenvalue weighted by atomic mass is 16.7. The zero-order chi connectivity index (χ0) is 34.3. The maximum atomic E-state index is 12.6. The Balaban J connectivity index is 2.57. The molecule has 1 heterocycles. The second kappa shape index (κ2) is 19.1. The van der Waals surface area contributed by atoms with Gasteiger partial charge in [-0.25, -0.2) is 4.79 Å². The molecule has 11 heteroatoms. The van der Waals surface area contributed by atoms with Gasteiger partial charge in [-0.1, -0.05) is 45.4 Å². The molecule has 1 fully saturated rings. The molecule has 46 heavy (non-hydrogen) atoms. The lowest BCUT2D eigenvalue weighted by Crippen LogP contribution is -2.63. The maximum Gasteiger partial charge on any atom is 0.330 e. The number of carbonyl (C=O) groups is 2. The van der Waals surface area contributed by atoms with Gasteiger partial charge < -0.3 is 42.6 Å². The Kier molecular flexibility index (Phi) is 16.4. The van der Waals surface area contributed by atoms with Crippen LogP contribution in [0.5, 0.6) is 5.75 Å². The monoisotopic (exact) mass is 650 g/mol. The first-order valence-electron chi connectivity index (χ1n) is 15.7. The summed E-state index contributed by atoms with van der Waals surface area (Å²) in [7, 11) is 7.46. The number of hydrogen-bond acceptors (Lipinski definition) is 11. The van der Waals surface area contributed by atoms with E-state index in [2.05, 4.69) is 6.92 Å². The Bertz CT molecular complexity index is 1130. The summed E-state index contributed by atoms with van der Waals surface area (Å²) in [4.78, 5) is 25.1. The van der Waals surface area contributed by atoms with Crippen LogP contribution < -0.4 is 4.74 Å². The van der Waals surface area contributed by atoms with E-state index in [9.17, 15) is 9.59 Å². The fourth-order valence-electron chi connectivity index (χ4n) is 5.46. The molecule has 0 amide bonds. The number of hydrogen-bond donors (Lipinski definition) is 0. The van der Waals surface area contributed by atoms with E-state index in [0.29, 0.717) is 25.2 Å². The normalized spacial score (nSPS) is 22.6. The molecule has 1 aromatic carbocycles. The van der Waals surface area contributed by atoms with Crippen molar-refractivity contribution in [2.75, 3.05) is 42.2 Å². The van der Waals surface area contributed by atoms with E-state index >= 15 is 0 Å². The lowest BCUT2D eigenvalue weighted by molar-refractivity contribution is -0.339. The lowest BCUT2D eigenvalue weighted by Gasteiger charge is -2.53. The van der Waals surface area contributed by atoms with Crippen LogP contribution in [0.2, 0.25) is 0 Å². The van der Waals surface area contributed by atoms with Gasteiger partial charge in [0.1, 0.15) is 5.75 Å². The van der Waals surface area contributed by atoms with Crippen LogP contribution in [0.1, 0.15) is 65.9 Å². The SMILES string of the molecule is CCCCO[C@H](C)[C@@H](C[C@@H]1C/C(=C\C(=O)OC)[C@H](OC(C)=O)[C@](OC)(C(C)(C)/C=C/C(OC)OC)O1)OCc1ccc(OC)cc1. The van der Waals surface area contributed by atoms with Crippen LogP contribution in [0.3, 0.4) is 0 Å². The largest absolute Gasteiger partial charge is 0.497 e. The predicted molar refractivity (Wildman–Crippen MR) is 172 cm³/mol. The fourth-order valence-corrected chi connectivity index (χ4v) is 5.46. The molecule has 0 bridgehead atoms. The van der Waals surface area contributed by atoms with Crippen molar-refractivity contribution in [2.45, 2.75) is 103 Å². The van der Waals surface area contributed by atoms with E-state index < -0.39 is 47.7 Å². The first-order chi connectivity index (χ1) is 21.9. The number of carbonyl (C=O) groups excluding carboxylic acids is 2. The highest BCUT2D eigenvalue weighted by Gasteiger charge is 2.59. The smallest absolute Gasteiger partial charge is 0.330 e. The molecule has 11 nitrogen and oxygen atoms in total. The van der Waals surface area contributed by atoms with Crippen molar-refractivity contribution in [3.8, 4) is 5.75 Å². The van der Waals surface area contributed by atoms with Crippen molar-refractivity contribution in [1.82, 2.24) is 0 Å². The third kappa shape index (κ3) is 10.9. The van der Waals surface area contributed by atoms with Crippen LogP contribution in [0, 0.1) is 5.41 Å². The maximum absolute atomic E-state index is 12.6. The van der Waals surface area contributed by atoms with Crippen molar-refractivity contribution < 1.29 is 52.2 Å². The third-order valence-corrected chi connectivity index (χ3v) is 8.13. The standard InChI is InChI=1S/C35H54O11/c1-11-12-19-43-24(2)30(44-23-26-13-15-28(38-6)16-14-26)22-29-20-27(21-31(37)39-7)33(45-25(3)36)35(42-10,46-29)34(4,5)18-17-32(40-8)41-9/h13-18,21,24,29-30,32-33H,11-12,19-20,22-23H2,1-10H3/b18-17+,27-21+/t24-,29+,30-,33+,35-/m1/s1. The lowest BCUT2D eigenvalue weighted by atomic mass is 9.74. The van der Waals surface area contributed by atoms with E-state index in [1.807, 2.05) is 51.1 Å². The Morgan fingerprint density at radius 3 is 2.28 bits per heavy atom. The Morgan fingerprint density at radius 1 is 1.07 bits per heavy atom. The summed E-state index contributed by atoms with van der Waals surface area (Å²) in [5, 5.41) is 0. The summed E-state index contributed by atoms with van der Waals surface area (Å²) < 4.78 is 52.6. The summed E-state index contributed by atoms with van der Waals surface area (Å²) >= 11 is 0. The molecule has 1 aliphatic rings. The second-order valence-electron chi connectivity index (χ2n) is 11.8. The molecule has 5 atom stereocenters. The van der Waals surface area contributed by atoms with Crippen molar-refractivity contribution >= 4 is 11.9 Å². The summed E-state index contributed by atoms with van der Waals surface area (Å²) in [6, 6.07) is 7.68. The summed E-state index contributed by atoms with van der Waals surface area (Å²) in [5.41, 5.74) is 0.513. The molecule has 0 saturated carbocycles. The quantitative estimate of drug-likeness (QED) is 0.0618. The van der Waals surface area contributed by atoms with Crippen LogP contribution in [0.4, 0.5) is 0 Å². The molecule has 0 unspecified atom stereocenters. The zero-order valence-electron chi connectivity index (χ0n) is 29.2. The molecule has 0 aromatic heterocycles. The minimum absolute atomic E-state index is 0.251. The van der Waals surface area contributed by atoms with Gasteiger partial charge in [-0.05, 0) is 49.1 Å². The fraction of sp³-hybridized carbons (Fsp3) is 0.657. The van der Waals surface area contributed by atoms with Gasteiger partial charge in [-0.15, -0.1) is 0 Å². The van der Waals surface area contributed by atoms with Crippen molar-refractivity contribution in [2.24, 2.45) is 5.41 Å². The minimum atomic E-state index is -1.57. The van der Waals surface area contributed by atoms with Gasteiger partial charge in [0.25, 0.3) is 0 Å². The van der Waals surface area contributed by atoms with Crippen molar-refractivity contribution in [1.29, 1.82) is 0 Å². The molecule has 0 radical (unpaired) electrons. The van der Waals surface area contributed by atoms with E-state index in [1.165, 1.54) is 41.4 Å². The van der Waals surface area contributed by atoms with Gasteiger partial charge in [0, 0.05) is 52.8 Å². The first kappa shape index (κ1) is 39.4. The molecule has 0 spiro atoms. The Morgan fingerprint density at radius 2 is 1.74 bits per heavy atom. The van der Waals surface area contributed by atoms with Gasteiger partial charge in [0.2, 0.25) is 5.79 Å². The number of rotatable bonds is 19. The van der Waals surface area contributed by atoms with E-state index in [1.54, 1.807) is 13.2 Å². The molecular formula is C35H54O11. The van der Waals surface area contributed by atoms with Gasteiger partial charge in [0.15, 0.2) is 12.4 Å². The zero-order valence-corrected chi connectivity index (χ0v) is 29.2. The number of unbranched alkanes of at least 4 members (excludes halogenated alkanes) is 1. The number of esters is 2. The molecule has 2 rings (SSSR count). The minimum Gasteiger partial charge on any atom is -0.497 e. The van der Waals surface area contributed by atoms with E-state index in [4.69, 9.17) is 42.6 Å². The summed E-state index contributed by atoms with van der Waals surface area (Å²) in [6.07, 6.45) is 4.54. The molecular weight excluding hydrogens is 596 g/mol. The molecule has 1 aromatic rings. The molecule has 260 valence electrons. The number of benzene rings is 1. The predicted octanol–water partition coefficient (Wildman–Crippen LogP) is 5.54. The topological polar surface area (TPSA) is 117 Å². The molecule has 1 saturated heterocycles. The molecule has 0 aliphatic carbocycles. The molecule has 1 aliphatic heterocycles. The van der Waals surface area contributed by atoms with E-state index in [0.717, 1.165) is 24.2 Å². The number of ether oxygens (including phenoxy) is 9. The van der Waals surface area contributed by atoms with Crippen molar-refractivity contribution in [3.63, 3.8) is 0 Å². The first-order valence-corrected chi connectivity index (χ1v) is 15.7. The van der Waals surface area contributed by atoms with Gasteiger partial charge in [0.05, 0.1) is 39.1 Å². The average Bonchev–Trinajstić information content (AvgIpc) is 3.04. The Hall–Kier alpha value is -2.80. The van der Waals surface area contributed by atoms with Gasteiger partial charge in [-0.3, -0.25) is 4.79 Å². The van der Waals surface area contributed by atoms with Crippen LogP contribution in [0.15, 0.2) is 48.1 Å².